The Hall–Kier alpha value is -2.66. The number of benzene rings is 2. The predicted octanol–water partition coefficient (Wildman–Crippen LogP) is 4.24. The Bertz CT molecular complexity index is 753. The minimum absolute atomic E-state index is 0.124. The largest absolute Gasteiger partial charge is 0.496 e. The molecular formula is C19H19ClO5. The lowest BCUT2D eigenvalue weighted by Crippen LogP contribution is -2.04. The van der Waals surface area contributed by atoms with Gasteiger partial charge in [-0.3, -0.25) is 0 Å². The van der Waals surface area contributed by atoms with Crippen LogP contribution in [-0.2, 0) is 4.74 Å². The first kappa shape index (κ1) is 18.7. The molecule has 5 nitrogen and oxygen atoms in total. The van der Waals surface area contributed by atoms with Crippen LogP contribution >= 0.6 is 11.6 Å². The molecule has 2 aromatic carbocycles. The number of ether oxygens (including phenoxy) is 4. The first-order valence-corrected chi connectivity index (χ1v) is 7.86. The number of methoxy groups -OCH3 is 3. The van der Waals surface area contributed by atoms with Crippen LogP contribution in [0.1, 0.15) is 15.9 Å². The van der Waals surface area contributed by atoms with E-state index in [0.717, 1.165) is 5.56 Å². The number of hydrogen-bond donors (Lipinski definition) is 0. The summed E-state index contributed by atoms with van der Waals surface area (Å²) in [7, 11) is 4.69. The first-order valence-electron chi connectivity index (χ1n) is 7.48. The van der Waals surface area contributed by atoms with E-state index < -0.39 is 5.97 Å². The van der Waals surface area contributed by atoms with E-state index in [2.05, 4.69) is 0 Å². The number of hydrogen-bond acceptors (Lipinski definition) is 5. The summed E-state index contributed by atoms with van der Waals surface area (Å²) in [4.78, 5) is 11.9. The topological polar surface area (TPSA) is 54.0 Å². The zero-order valence-corrected chi connectivity index (χ0v) is 15.0. The highest BCUT2D eigenvalue weighted by Gasteiger charge is 2.10. The molecule has 0 unspecified atom stereocenters. The third-order valence-electron chi connectivity index (χ3n) is 3.42. The van der Waals surface area contributed by atoms with Gasteiger partial charge in [0, 0.05) is 16.7 Å². The van der Waals surface area contributed by atoms with E-state index in [9.17, 15) is 4.79 Å². The van der Waals surface area contributed by atoms with Crippen molar-refractivity contribution in [1.82, 2.24) is 0 Å². The lowest BCUT2D eigenvalue weighted by atomic mass is 10.1. The molecule has 0 saturated heterocycles. The van der Waals surface area contributed by atoms with Gasteiger partial charge in [0.05, 0.1) is 26.9 Å². The zero-order valence-electron chi connectivity index (χ0n) is 14.2. The van der Waals surface area contributed by atoms with Gasteiger partial charge in [0.25, 0.3) is 0 Å². The average molecular weight is 363 g/mol. The summed E-state index contributed by atoms with van der Waals surface area (Å²) >= 11 is 5.79. The molecule has 0 saturated carbocycles. The predicted molar refractivity (Wildman–Crippen MR) is 96.9 cm³/mol. The Labute approximate surface area is 151 Å². The molecule has 0 aliphatic rings. The number of rotatable bonds is 7. The van der Waals surface area contributed by atoms with Gasteiger partial charge in [0.1, 0.15) is 12.4 Å². The van der Waals surface area contributed by atoms with Gasteiger partial charge in [0.15, 0.2) is 11.5 Å². The van der Waals surface area contributed by atoms with Gasteiger partial charge >= 0.3 is 5.97 Å². The van der Waals surface area contributed by atoms with E-state index in [1.165, 1.54) is 0 Å². The van der Waals surface area contributed by atoms with Crippen LogP contribution in [0, 0.1) is 0 Å². The van der Waals surface area contributed by atoms with Gasteiger partial charge in [-0.05, 0) is 36.4 Å². The lowest BCUT2D eigenvalue weighted by Gasteiger charge is -2.12. The molecule has 0 aromatic heterocycles. The van der Waals surface area contributed by atoms with Crippen molar-refractivity contribution >= 4 is 23.6 Å². The normalized spacial score (nSPS) is 10.6. The highest BCUT2D eigenvalue weighted by Crippen LogP contribution is 2.35. The molecule has 0 N–H and O–H groups in total. The molecule has 0 heterocycles. The number of halogens is 1. The molecule has 0 radical (unpaired) electrons. The van der Waals surface area contributed by atoms with Crippen molar-refractivity contribution in [3.8, 4) is 17.2 Å². The van der Waals surface area contributed by atoms with Crippen LogP contribution in [0.5, 0.6) is 17.2 Å². The van der Waals surface area contributed by atoms with E-state index in [1.807, 2.05) is 0 Å². The molecule has 0 aliphatic carbocycles. The molecule has 0 amide bonds. The fourth-order valence-corrected chi connectivity index (χ4v) is 2.28. The van der Waals surface area contributed by atoms with Crippen molar-refractivity contribution in [3.05, 3.63) is 58.6 Å². The molecule has 132 valence electrons. The van der Waals surface area contributed by atoms with Crippen LogP contribution in [0.15, 0.2) is 42.5 Å². The van der Waals surface area contributed by atoms with E-state index in [0.29, 0.717) is 27.8 Å². The van der Waals surface area contributed by atoms with Crippen molar-refractivity contribution in [2.24, 2.45) is 0 Å². The van der Waals surface area contributed by atoms with Crippen LogP contribution in [0.2, 0.25) is 5.02 Å². The Morgan fingerprint density at radius 1 is 0.960 bits per heavy atom. The van der Waals surface area contributed by atoms with Crippen LogP contribution in [0.4, 0.5) is 0 Å². The van der Waals surface area contributed by atoms with Crippen molar-refractivity contribution in [3.63, 3.8) is 0 Å². The smallest absolute Gasteiger partial charge is 0.338 e. The van der Waals surface area contributed by atoms with Gasteiger partial charge in [-0.2, -0.15) is 0 Å². The summed E-state index contributed by atoms with van der Waals surface area (Å²) in [5, 5.41) is 0.567. The van der Waals surface area contributed by atoms with E-state index in [1.54, 1.807) is 69.9 Å². The minimum Gasteiger partial charge on any atom is -0.496 e. The molecular weight excluding hydrogens is 344 g/mol. The SMILES string of the molecule is COc1cc(OC)c(OC)cc1/C=C/COC(=O)c1ccc(Cl)cc1. The third kappa shape index (κ3) is 4.90. The summed E-state index contributed by atoms with van der Waals surface area (Å²) in [6, 6.07) is 10.0. The molecule has 0 aliphatic heterocycles. The lowest BCUT2D eigenvalue weighted by molar-refractivity contribution is 0.0550. The van der Waals surface area contributed by atoms with Crippen LogP contribution in [0.25, 0.3) is 6.08 Å². The average Bonchev–Trinajstić information content (AvgIpc) is 2.64. The molecule has 2 aromatic rings. The van der Waals surface area contributed by atoms with E-state index in [4.69, 9.17) is 30.5 Å². The van der Waals surface area contributed by atoms with Crippen LogP contribution in [-0.4, -0.2) is 33.9 Å². The van der Waals surface area contributed by atoms with Gasteiger partial charge in [-0.1, -0.05) is 17.7 Å². The van der Waals surface area contributed by atoms with Crippen LogP contribution in [0.3, 0.4) is 0 Å². The maximum absolute atomic E-state index is 11.9. The molecule has 0 spiro atoms. The molecule has 0 bridgehead atoms. The summed E-state index contributed by atoms with van der Waals surface area (Å²) < 4.78 is 21.1. The van der Waals surface area contributed by atoms with Crippen molar-refractivity contribution in [1.29, 1.82) is 0 Å². The molecule has 25 heavy (non-hydrogen) atoms. The third-order valence-corrected chi connectivity index (χ3v) is 3.68. The highest BCUT2D eigenvalue weighted by molar-refractivity contribution is 6.30. The number of carbonyl (C=O) groups is 1. The Balaban J connectivity index is 2.04. The molecule has 0 atom stereocenters. The standard InChI is InChI=1S/C19H19ClO5/c1-22-16-12-18(24-3)17(23-2)11-14(16)5-4-10-25-19(21)13-6-8-15(20)9-7-13/h4-9,11-12H,10H2,1-3H3/b5-4+. The minimum atomic E-state index is -0.416. The molecule has 2 rings (SSSR count). The summed E-state index contributed by atoms with van der Waals surface area (Å²) in [5.41, 5.74) is 1.23. The second-order valence-corrected chi connectivity index (χ2v) is 5.39. The van der Waals surface area contributed by atoms with Crippen LogP contribution < -0.4 is 14.2 Å². The van der Waals surface area contributed by atoms with Gasteiger partial charge in [-0.15, -0.1) is 0 Å². The Morgan fingerprint density at radius 2 is 1.56 bits per heavy atom. The number of esters is 1. The number of carbonyl (C=O) groups excluding carboxylic acids is 1. The summed E-state index contributed by atoms with van der Waals surface area (Å²) in [5.74, 6) is 1.37. The zero-order chi connectivity index (χ0) is 18.2. The Kier molecular flexibility index (Phi) is 6.71. The quantitative estimate of drug-likeness (QED) is 0.690. The van der Waals surface area contributed by atoms with E-state index in [-0.39, 0.29) is 6.61 Å². The summed E-state index contributed by atoms with van der Waals surface area (Å²) in [6.07, 6.45) is 3.51. The second kappa shape index (κ2) is 8.99. The fourth-order valence-electron chi connectivity index (χ4n) is 2.15. The maximum Gasteiger partial charge on any atom is 0.338 e. The monoisotopic (exact) mass is 362 g/mol. The highest BCUT2D eigenvalue weighted by atomic mass is 35.5. The maximum atomic E-state index is 11.9. The first-order chi connectivity index (χ1) is 12.1. The van der Waals surface area contributed by atoms with Crippen molar-refractivity contribution in [2.45, 2.75) is 0 Å². The fraction of sp³-hybridized carbons (Fsp3) is 0.211. The molecule has 0 fully saturated rings. The van der Waals surface area contributed by atoms with Crippen molar-refractivity contribution < 1.29 is 23.7 Å². The van der Waals surface area contributed by atoms with Gasteiger partial charge in [0.2, 0.25) is 0 Å². The van der Waals surface area contributed by atoms with Gasteiger partial charge in [-0.25, -0.2) is 4.79 Å². The van der Waals surface area contributed by atoms with Crippen molar-refractivity contribution in [2.75, 3.05) is 27.9 Å². The van der Waals surface area contributed by atoms with Gasteiger partial charge < -0.3 is 18.9 Å². The van der Waals surface area contributed by atoms with E-state index >= 15 is 0 Å². The second-order valence-electron chi connectivity index (χ2n) is 4.96. The summed E-state index contributed by atoms with van der Waals surface area (Å²) in [6.45, 7) is 0.124. The molecule has 6 heteroatoms. The Morgan fingerprint density at radius 3 is 2.16 bits per heavy atom.